The van der Waals surface area contributed by atoms with Gasteiger partial charge in [0.2, 0.25) is 11.8 Å². The molecule has 1 aromatic rings. The van der Waals surface area contributed by atoms with Crippen LogP contribution in [0.4, 0.5) is 5.69 Å². The zero-order chi connectivity index (χ0) is 15.6. The molecule has 1 aromatic carbocycles. The van der Waals surface area contributed by atoms with Crippen molar-refractivity contribution in [3.63, 3.8) is 0 Å². The normalized spacial score (nSPS) is 20.2. The van der Waals surface area contributed by atoms with Crippen LogP contribution in [0.25, 0.3) is 0 Å². The van der Waals surface area contributed by atoms with E-state index >= 15 is 0 Å². The molecule has 0 spiro atoms. The van der Waals surface area contributed by atoms with E-state index < -0.39 is 5.25 Å². The van der Waals surface area contributed by atoms with Crippen LogP contribution in [0, 0.1) is 6.92 Å². The average molecular weight is 370 g/mol. The number of hydrogen-bond donors (Lipinski definition) is 1. The highest BCUT2D eigenvalue weighted by molar-refractivity contribution is 9.10. The van der Waals surface area contributed by atoms with Crippen LogP contribution >= 0.6 is 27.7 Å². The molecular weight excluding hydrogens is 354 g/mol. The van der Waals surface area contributed by atoms with E-state index in [2.05, 4.69) is 26.2 Å². The molecule has 2 amide bonds. The summed E-state index contributed by atoms with van der Waals surface area (Å²) < 4.78 is 0.828. The molecular formula is C14H16BrN3O2S. The number of nitrogens with zero attached hydrogens (tertiary/aromatic N) is 2. The first-order valence-corrected chi connectivity index (χ1v) is 8.06. The summed E-state index contributed by atoms with van der Waals surface area (Å²) in [6.45, 7) is 1.98. The van der Waals surface area contributed by atoms with Crippen molar-refractivity contribution in [3.8, 4) is 0 Å². The number of aryl methyl sites for hydroxylation is 1. The van der Waals surface area contributed by atoms with Crippen LogP contribution in [-0.4, -0.2) is 41.2 Å². The molecule has 0 aromatic heterocycles. The monoisotopic (exact) mass is 369 g/mol. The van der Waals surface area contributed by atoms with Crippen molar-refractivity contribution >= 4 is 50.4 Å². The minimum absolute atomic E-state index is 0.0845. The van der Waals surface area contributed by atoms with E-state index in [1.165, 1.54) is 16.7 Å². The third-order valence-corrected chi connectivity index (χ3v) is 5.08. The minimum Gasteiger partial charge on any atom is -0.325 e. The molecule has 112 valence electrons. The maximum absolute atomic E-state index is 12.1. The molecule has 1 atom stereocenters. The molecule has 1 saturated heterocycles. The van der Waals surface area contributed by atoms with Crippen molar-refractivity contribution in [2.45, 2.75) is 18.6 Å². The van der Waals surface area contributed by atoms with Crippen LogP contribution in [0.1, 0.15) is 12.0 Å². The van der Waals surface area contributed by atoms with Crippen molar-refractivity contribution in [3.05, 3.63) is 28.2 Å². The quantitative estimate of drug-likeness (QED) is 0.890. The van der Waals surface area contributed by atoms with Crippen LogP contribution in [0.3, 0.4) is 0 Å². The van der Waals surface area contributed by atoms with Gasteiger partial charge in [0, 0.05) is 25.0 Å². The molecule has 1 N–H and O–H groups in total. The summed E-state index contributed by atoms with van der Waals surface area (Å²) >= 11 is 4.74. The third-order valence-electron chi connectivity index (χ3n) is 3.10. The van der Waals surface area contributed by atoms with Gasteiger partial charge in [0.05, 0.1) is 5.69 Å². The van der Waals surface area contributed by atoms with Gasteiger partial charge in [-0.05, 0) is 40.5 Å². The summed E-state index contributed by atoms with van der Waals surface area (Å²) in [6, 6.07) is 5.69. The number of carbonyl (C=O) groups excluding carboxylic acids is 2. The summed E-state index contributed by atoms with van der Waals surface area (Å²) in [5, 5.41) is 3.07. The van der Waals surface area contributed by atoms with Crippen LogP contribution in [0.15, 0.2) is 27.7 Å². The third kappa shape index (κ3) is 3.65. The molecule has 2 rings (SSSR count). The number of amidine groups is 1. The maximum atomic E-state index is 12.1. The Balaban J connectivity index is 2.01. The summed E-state index contributed by atoms with van der Waals surface area (Å²) in [5.74, 6) is -0.269. The number of aliphatic imine (C=N–C) groups is 1. The van der Waals surface area contributed by atoms with Gasteiger partial charge in [-0.2, -0.15) is 0 Å². The lowest BCUT2D eigenvalue weighted by molar-refractivity contribution is -0.127. The van der Waals surface area contributed by atoms with Gasteiger partial charge in [0.15, 0.2) is 5.17 Å². The lowest BCUT2D eigenvalue weighted by atomic mass is 10.2. The van der Waals surface area contributed by atoms with E-state index in [0.717, 1.165) is 10.0 Å². The number of benzene rings is 1. The minimum atomic E-state index is -0.405. The number of hydrogen-bond acceptors (Lipinski definition) is 4. The Morgan fingerprint density at radius 3 is 2.81 bits per heavy atom. The Labute approximate surface area is 136 Å². The van der Waals surface area contributed by atoms with Crippen molar-refractivity contribution in [1.82, 2.24) is 4.90 Å². The van der Waals surface area contributed by atoms with Crippen molar-refractivity contribution in [1.29, 1.82) is 0 Å². The average Bonchev–Trinajstić information content (AvgIpc) is 2.70. The molecule has 0 radical (unpaired) electrons. The molecule has 1 heterocycles. The van der Waals surface area contributed by atoms with Gasteiger partial charge >= 0.3 is 0 Å². The Bertz CT molecular complexity index is 618. The molecule has 0 unspecified atom stereocenters. The number of amides is 2. The first-order chi connectivity index (χ1) is 9.92. The van der Waals surface area contributed by atoms with Gasteiger partial charge in [0.1, 0.15) is 5.25 Å². The van der Waals surface area contributed by atoms with E-state index in [-0.39, 0.29) is 18.2 Å². The van der Waals surface area contributed by atoms with Gasteiger partial charge in [0.25, 0.3) is 0 Å². The van der Waals surface area contributed by atoms with Gasteiger partial charge < -0.3 is 5.32 Å². The molecule has 5 nitrogen and oxygen atoms in total. The summed E-state index contributed by atoms with van der Waals surface area (Å²) in [4.78, 5) is 29.6. The Morgan fingerprint density at radius 1 is 1.52 bits per heavy atom. The van der Waals surface area contributed by atoms with E-state index in [9.17, 15) is 9.59 Å². The van der Waals surface area contributed by atoms with Crippen LogP contribution in [0.2, 0.25) is 0 Å². The smallest absolute Gasteiger partial charge is 0.242 e. The van der Waals surface area contributed by atoms with Crippen molar-refractivity contribution < 1.29 is 9.59 Å². The second-order valence-electron chi connectivity index (χ2n) is 4.75. The zero-order valence-electron chi connectivity index (χ0n) is 12.0. The lowest BCUT2D eigenvalue weighted by Gasteiger charge is -2.10. The summed E-state index contributed by atoms with van der Waals surface area (Å²) in [6.07, 6.45) is 0.132. The fourth-order valence-electron chi connectivity index (χ4n) is 1.99. The number of halogens is 1. The highest BCUT2D eigenvalue weighted by Crippen LogP contribution is 2.29. The molecule has 21 heavy (non-hydrogen) atoms. The van der Waals surface area contributed by atoms with Gasteiger partial charge in [-0.15, -0.1) is 0 Å². The van der Waals surface area contributed by atoms with Gasteiger partial charge in [-0.1, -0.05) is 17.8 Å². The fraction of sp³-hybridized carbons (Fsp3) is 0.357. The van der Waals surface area contributed by atoms with Gasteiger partial charge in [-0.25, -0.2) is 0 Å². The molecule has 0 bridgehead atoms. The van der Waals surface area contributed by atoms with Crippen molar-refractivity contribution in [2.75, 3.05) is 19.4 Å². The highest BCUT2D eigenvalue weighted by Gasteiger charge is 2.36. The van der Waals surface area contributed by atoms with Crippen LogP contribution in [-0.2, 0) is 9.59 Å². The van der Waals surface area contributed by atoms with Crippen LogP contribution < -0.4 is 5.32 Å². The molecule has 0 aliphatic carbocycles. The number of anilines is 1. The SMILES string of the molecule is CN=C1S[C@H](CC(=O)Nc2ccc(C)cc2Br)C(=O)N1C. The molecule has 7 heteroatoms. The van der Waals surface area contributed by atoms with Crippen LogP contribution in [0.5, 0.6) is 0 Å². The predicted molar refractivity (Wildman–Crippen MR) is 89.6 cm³/mol. The number of nitrogens with one attached hydrogen (secondary N) is 1. The topological polar surface area (TPSA) is 61.8 Å². The van der Waals surface area contributed by atoms with E-state index in [1.54, 1.807) is 14.1 Å². The molecule has 1 aliphatic rings. The number of rotatable bonds is 3. The first kappa shape index (κ1) is 16.0. The summed E-state index contributed by atoms with van der Waals surface area (Å²) in [5.41, 5.74) is 1.81. The maximum Gasteiger partial charge on any atom is 0.242 e. The molecule has 0 saturated carbocycles. The molecule has 1 fully saturated rings. The largest absolute Gasteiger partial charge is 0.325 e. The Hall–Kier alpha value is -1.34. The highest BCUT2D eigenvalue weighted by atomic mass is 79.9. The standard InChI is InChI=1S/C14H16BrN3O2S/c1-8-4-5-10(9(15)6-8)17-12(19)7-11-13(20)18(3)14(16-2)21-11/h4-6,11H,7H2,1-3H3,(H,17,19)/t11-/m1/s1. The number of thioether (sulfide) groups is 1. The van der Waals surface area contributed by atoms with E-state index in [0.29, 0.717) is 10.9 Å². The fourth-order valence-corrected chi connectivity index (χ4v) is 3.68. The first-order valence-electron chi connectivity index (χ1n) is 6.39. The van der Waals surface area contributed by atoms with Gasteiger partial charge in [-0.3, -0.25) is 19.5 Å². The lowest BCUT2D eigenvalue weighted by Crippen LogP contribution is -2.30. The zero-order valence-corrected chi connectivity index (χ0v) is 14.4. The predicted octanol–water partition coefficient (Wildman–Crippen LogP) is 2.65. The number of carbonyl (C=O) groups is 2. The summed E-state index contributed by atoms with van der Waals surface area (Å²) in [7, 11) is 3.31. The molecule has 1 aliphatic heterocycles. The Kier molecular flexibility index (Phi) is 5.05. The second kappa shape index (κ2) is 6.62. The van der Waals surface area contributed by atoms with E-state index in [1.807, 2.05) is 25.1 Å². The van der Waals surface area contributed by atoms with E-state index in [4.69, 9.17) is 0 Å². The Morgan fingerprint density at radius 2 is 2.24 bits per heavy atom. The second-order valence-corrected chi connectivity index (χ2v) is 6.77. The van der Waals surface area contributed by atoms with Crippen molar-refractivity contribution in [2.24, 2.45) is 4.99 Å².